The summed E-state index contributed by atoms with van der Waals surface area (Å²) in [7, 11) is 0. The third-order valence-corrected chi connectivity index (χ3v) is 3.46. The standard InChI is InChI=1S/C14H19NO3/c1-11(15-17)12-6-2-3-7-13(12)18-10-14(16)8-4-5-9-14/h2-3,6-7,16-17H,4-5,8-10H2,1H3. The highest BCUT2D eigenvalue weighted by Gasteiger charge is 2.32. The third kappa shape index (κ3) is 2.82. The number of oxime groups is 1. The zero-order chi connectivity index (χ0) is 13.0. The number of hydrogen-bond acceptors (Lipinski definition) is 4. The van der Waals surface area contributed by atoms with Crippen LogP contribution in [0.2, 0.25) is 0 Å². The molecule has 1 fully saturated rings. The van der Waals surface area contributed by atoms with E-state index in [-0.39, 0.29) is 0 Å². The lowest BCUT2D eigenvalue weighted by Crippen LogP contribution is -2.32. The van der Waals surface area contributed by atoms with Crippen LogP contribution in [0.4, 0.5) is 0 Å². The van der Waals surface area contributed by atoms with Gasteiger partial charge in [0.05, 0.1) is 11.3 Å². The molecule has 0 aromatic heterocycles. The molecular formula is C14H19NO3. The van der Waals surface area contributed by atoms with E-state index in [4.69, 9.17) is 9.94 Å². The molecule has 0 spiro atoms. The van der Waals surface area contributed by atoms with Crippen LogP contribution in [0.25, 0.3) is 0 Å². The maximum absolute atomic E-state index is 10.2. The molecule has 2 rings (SSSR count). The van der Waals surface area contributed by atoms with E-state index in [1.165, 1.54) is 0 Å². The second-order valence-electron chi connectivity index (χ2n) is 4.90. The molecule has 0 aliphatic heterocycles. The molecule has 0 bridgehead atoms. The molecule has 1 aromatic carbocycles. The van der Waals surface area contributed by atoms with Crippen molar-refractivity contribution < 1.29 is 15.1 Å². The Bertz CT molecular complexity index is 436. The van der Waals surface area contributed by atoms with Crippen molar-refractivity contribution in [3.63, 3.8) is 0 Å². The van der Waals surface area contributed by atoms with Crippen molar-refractivity contribution in [1.82, 2.24) is 0 Å². The molecule has 2 N–H and O–H groups in total. The van der Waals surface area contributed by atoms with Crippen LogP contribution in [0, 0.1) is 0 Å². The largest absolute Gasteiger partial charge is 0.490 e. The van der Waals surface area contributed by atoms with Gasteiger partial charge in [-0.05, 0) is 31.9 Å². The first-order chi connectivity index (χ1) is 8.64. The fraction of sp³-hybridized carbons (Fsp3) is 0.500. The predicted molar refractivity (Wildman–Crippen MR) is 69.4 cm³/mol. The van der Waals surface area contributed by atoms with Crippen molar-refractivity contribution in [1.29, 1.82) is 0 Å². The van der Waals surface area contributed by atoms with Gasteiger partial charge in [-0.25, -0.2) is 0 Å². The minimum absolute atomic E-state index is 0.294. The first-order valence-corrected chi connectivity index (χ1v) is 6.28. The van der Waals surface area contributed by atoms with Gasteiger partial charge < -0.3 is 15.1 Å². The molecule has 1 aliphatic carbocycles. The topological polar surface area (TPSA) is 62.1 Å². The van der Waals surface area contributed by atoms with Gasteiger partial charge in [0, 0.05) is 5.56 Å². The highest BCUT2D eigenvalue weighted by Crippen LogP contribution is 2.30. The van der Waals surface area contributed by atoms with Crippen LogP contribution >= 0.6 is 0 Å². The highest BCUT2D eigenvalue weighted by molar-refractivity contribution is 6.00. The summed E-state index contributed by atoms with van der Waals surface area (Å²) >= 11 is 0. The van der Waals surface area contributed by atoms with E-state index in [2.05, 4.69) is 5.16 Å². The van der Waals surface area contributed by atoms with Crippen LogP contribution in [0.15, 0.2) is 29.4 Å². The normalized spacial score (nSPS) is 18.9. The fourth-order valence-electron chi connectivity index (χ4n) is 2.33. The van der Waals surface area contributed by atoms with E-state index in [1.54, 1.807) is 6.92 Å². The van der Waals surface area contributed by atoms with E-state index >= 15 is 0 Å². The molecular weight excluding hydrogens is 230 g/mol. The number of nitrogens with zero attached hydrogens (tertiary/aromatic N) is 1. The molecule has 0 radical (unpaired) electrons. The van der Waals surface area contributed by atoms with Gasteiger partial charge in [-0.1, -0.05) is 30.1 Å². The Labute approximate surface area is 107 Å². The molecule has 4 nitrogen and oxygen atoms in total. The van der Waals surface area contributed by atoms with Crippen LogP contribution in [0.3, 0.4) is 0 Å². The number of aliphatic hydroxyl groups is 1. The molecule has 18 heavy (non-hydrogen) atoms. The third-order valence-electron chi connectivity index (χ3n) is 3.46. The lowest BCUT2D eigenvalue weighted by atomic mass is 10.0. The molecule has 0 amide bonds. The second kappa shape index (κ2) is 5.40. The van der Waals surface area contributed by atoms with E-state index in [0.29, 0.717) is 18.1 Å². The van der Waals surface area contributed by atoms with E-state index in [9.17, 15) is 5.11 Å². The lowest BCUT2D eigenvalue weighted by Gasteiger charge is -2.23. The number of rotatable bonds is 4. The van der Waals surface area contributed by atoms with Gasteiger partial charge in [0.1, 0.15) is 12.4 Å². The molecule has 98 valence electrons. The average Bonchev–Trinajstić information content (AvgIpc) is 2.83. The molecule has 1 aliphatic rings. The van der Waals surface area contributed by atoms with Crippen molar-refractivity contribution in [2.75, 3.05) is 6.61 Å². The van der Waals surface area contributed by atoms with Gasteiger partial charge in [-0.2, -0.15) is 0 Å². The van der Waals surface area contributed by atoms with Crippen LogP contribution in [-0.2, 0) is 0 Å². The van der Waals surface area contributed by atoms with Crippen LogP contribution in [-0.4, -0.2) is 28.2 Å². The number of benzene rings is 1. The maximum Gasteiger partial charge on any atom is 0.128 e. The van der Waals surface area contributed by atoms with Crippen molar-refractivity contribution in [3.05, 3.63) is 29.8 Å². The minimum atomic E-state index is -0.697. The van der Waals surface area contributed by atoms with Crippen molar-refractivity contribution >= 4 is 5.71 Å². The van der Waals surface area contributed by atoms with Crippen LogP contribution in [0.5, 0.6) is 5.75 Å². The fourth-order valence-corrected chi connectivity index (χ4v) is 2.33. The first kappa shape index (κ1) is 12.9. The zero-order valence-corrected chi connectivity index (χ0v) is 10.6. The monoisotopic (exact) mass is 249 g/mol. The van der Waals surface area contributed by atoms with Gasteiger partial charge in [-0.15, -0.1) is 0 Å². The smallest absolute Gasteiger partial charge is 0.128 e. The second-order valence-corrected chi connectivity index (χ2v) is 4.90. The van der Waals surface area contributed by atoms with Gasteiger partial charge in [0.25, 0.3) is 0 Å². The van der Waals surface area contributed by atoms with Crippen molar-refractivity contribution in [2.24, 2.45) is 5.16 Å². The molecule has 0 unspecified atom stereocenters. The van der Waals surface area contributed by atoms with Crippen molar-refractivity contribution in [3.8, 4) is 5.75 Å². The highest BCUT2D eigenvalue weighted by atomic mass is 16.5. The van der Waals surface area contributed by atoms with Gasteiger partial charge in [0.15, 0.2) is 0 Å². The summed E-state index contributed by atoms with van der Waals surface area (Å²) < 4.78 is 5.71. The Morgan fingerprint density at radius 2 is 2.00 bits per heavy atom. The summed E-state index contributed by atoms with van der Waals surface area (Å²) in [6.45, 7) is 2.01. The number of ether oxygens (including phenoxy) is 1. The molecule has 0 atom stereocenters. The molecule has 0 heterocycles. The quantitative estimate of drug-likeness (QED) is 0.490. The van der Waals surface area contributed by atoms with E-state index in [0.717, 1.165) is 31.2 Å². The summed E-state index contributed by atoms with van der Waals surface area (Å²) in [4.78, 5) is 0. The maximum atomic E-state index is 10.2. The minimum Gasteiger partial charge on any atom is -0.490 e. The molecule has 1 saturated carbocycles. The zero-order valence-electron chi connectivity index (χ0n) is 10.6. The predicted octanol–water partition coefficient (Wildman–Crippen LogP) is 2.57. The Hall–Kier alpha value is -1.55. The van der Waals surface area contributed by atoms with Gasteiger partial charge in [0.2, 0.25) is 0 Å². The average molecular weight is 249 g/mol. The molecule has 4 heteroatoms. The lowest BCUT2D eigenvalue weighted by molar-refractivity contribution is 0.00135. The van der Waals surface area contributed by atoms with E-state index in [1.807, 2.05) is 24.3 Å². The molecule has 1 aromatic rings. The Balaban J connectivity index is 2.09. The Morgan fingerprint density at radius 1 is 1.33 bits per heavy atom. The Kier molecular flexibility index (Phi) is 3.87. The summed E-state index contributed by atoms with van der Waals surface area (Å²) in [6.07, 6.45) is 3.70. The summed E-state index contributed by atoms with van der Waals surface area (Å²) in [5.74, 6) is 0.646. The summed E-state index contributed by atoms with van der Waals surface area (Å²) in [5.41, 5.74) is 0.558. The van der Waals surface area contributed by atoms with Crippen molar-refractivity contribution in [2.45, 2.75) is 38.2 Å². The molecule has 0 saturated heterocycles. The summed E-state index contributed by atoms with van der Waals surface area (Å²) in [5, 5.41) is 22.3. The van der Waals surface area contributed by atoms with Crippen LogP contribution in [0.1, 0.15) is 38.2 Å². The van der Waals surface area contributed by atoms with Crippen LogP contribution < -0.4 is 4.74 Å². The first-order valence-electron chi connectivity index (χ1n) is 6.28. The Morgan fingerprint density at radius 3 is 2.67 bits per heavy atom. The van der Waals surface area contributed by atoms with Gasteiger partial charge >= 0.3 is 0 Å². The van der Waals surface area contributed by atoms with E-state index < -0.39 is 5.60 Å². The summed E-state index contributed by atoms with van der Waals surface area (Å²) in [6, 6.07) is 7.38. The number of hydrogen-bond donors (Lipinski definition) is 2. The SMILES string of the molecule is CC(=NO)c1ccccc1OCC1(O)CCCC1. The number of para-hydroxylation sites is 1. The van der Waals surface area contributed by atoms with Gasteiger partial charge in [-0.3, -0.25) is 0 Å².